The molecule has 1 amide bonds. The van der Waals surface area contributed by atoms with Crippen LogP contribution in [0, 0.1) is 0 Å². The molecule has 154 valence electrons. The molecule has 1 aliphatic rings. The normalized spacial score (nSPS) is 14.0. The second-order valence-electron chi connectivity index (χ2n) is 5.80. The highest BCUT2D eigenvalue weighted by Gasteiger charge is 2.20. The molecule has 1 aromatic carbocycles. The van der Waals surface area contributed by atoms with Gasteiger partial charge in [0.15, 0.2) is 6.61 Å². The molecular formula is C17H18N5O6S-. The number of carbonyl (C=O) groups is 2. The Labute approximate surface area is 170 Å². The van der Waals surface area contributed by atoms with E-state index in [0.29, 0.717) is 49.3 Å². The van der Waals surface area contributed by atoms with Crippen LogP contribution in [0.3, 0.4) is 0 Å². The molecule has 2 aromatic rings. The van der Waals surface area contributed by atoms with E-state index in [0.717, 1.165) is 11.7 Å². The molecule has 12 heteroatoms. The lowest BCUT2D eigenvalue weighted by molar-refractivity contribution is -0.307. The van der Waals surface area contributed by atoms with E-state index in [1.165, 1.54) is 6.21 Å². The molecule has 0 unspecified atom stereocenters. The van der Waals surface area contributed by atoms with Gasteiger partial charge in [-0.1, -0.05) is 0 Å². The number of benzene rings is 1. The lowest BCUT2D eigenvalue weighted by Crippen LogP contribution is -2.36. The van der Waals surface area contributed by atoms with Gasteiger partial charge >= 0.3 is 0 Å². The molecular weight excluding hydrogens is 402 g/mol. The fourth-order valence-electron chi connectivity index (χ4n) is 2.37. The number of ether oxygens (including phenoxy) is 3. The van der Waals surface area contributed by atoms with Crippen LogP contribution in [-0.2, 0) is 14.3 Å². The maximum atomic E-state index is 11.9. The Kier molecular flexibility index (Phi) is 7.30. The third-order valence-electron chi connectivity index (χ3n) is 3.73. The van der Waals surface area contributed by atoms with Crippen molar-refractivity contribution in [3.8, 4) is 11.6 Å². The Morgan fingerprint density at radius 3 is 2.69 bits per heavy atom. The maximum absolute atomic E-state index is 11.9. The molecule has 1 aliphatic heterocycles. The molecule has 0 radical (unpaired) electrons. The van der Waals surface area contributed by atoms with Crippen molar-refractivity contribution in [1.29, 1.82) is 0 Å². The molecule has 0 spiro atoms. The molecule has 0 saturated carbocycles. The lowest BCUT2D eigenvalue weighted by Gasteiger charge is -2.26. The molecule has 29 heavy (non-hydrogen) atoms. The van der Waals surface area contributed by atoms with E-state index in [2.05, 4.69) is 19.3 Å². The first-order valence-corrected chi connectivity index (χ1v) is 9.37. The summed E-state index contributed by atoms with van der Waals surface area (Å²) in [6.45, 7) is 1.82. The van der Waals surface area contributed by atoms with Gasteiger partial charge in [0.25, 0.3) is 11.8 Å². The number of morpholine rings is 1. The standard InChI is InChI=1S/C17H19N5O6S/c23-14(10-28-17-16(20-29-21-17)22-5-7-26-8-6-22)19-18-9-12-1-3-13(4-2-12)27-11-15(24)25/h1-4,9H,5-8,10-11H2,(H,19,23)(H,24,25)/p-1/b18-9-. The van der Waals surface area contributed by atoms with Gasteiger partial charge in [-0.05, 0) is 29.8 Å². The number of aliphatic carboxylic acids is 1. The number of rotatable bonds is 9. The number of aromatic nitrogens is 2. The quantitative estimate of drug-likeness (QED) is 0.401. The van der Waals surface area contributed by atoms with E-state index in [4.69, 9.17) is 14.2 Å². The van der Waals surface area contributed by atoms with Crippen molar-refractivity contribution in [1.82, 2.24) is 14.2 Å². The topological polar surface area (TPSA) is 138 Å². The van der Waals surface area contributed by atoms with Gasteiger partial charge in [-0.15, -0.1) is 4.37 Å². The monoisotopic (exact) mass is 420 g/mol. The van der Waals surface area contributed by atoms with Crippen molar-refractivity contribution < 1.29 is 28.9 Å². The van der Waals surface area contributed by atoms with Gasteiger partial charge in [-0.3, -0.25) is 4.79 Å². The number of hydrazone groups is 1. The van der Waals surface area contributed by atoms with Crippen molar-refractivity contribution in [3.05, 3.63) is 29.8 Å². The summed E-state index contributed by atoms with van der Waals surface area (Å²) in [6.07, 6.45) is 1.43. The summed E-state index contributed by atoms with van der Waals surface area (Å²) in [7, 11) is 0. The zero-order valence-electron chi connectivity index (χ0n) is 15.3. The van der Waals surface area contributed by atoms with Crippen molar-refractivity contribution >= 4 is 35.6 Å². The molecule has 11 nitrogen and oxygen atoms in total. The fraction of sp³-hybridized carbons (Fsp3) is 0.353. The predicted octanol–water partition coefficient (Wildman–Crippen LogP) is -0.967. The van der Waals surface area contributed by atoms with Gasteiger partial charge in [-0.25, -0.2) is 5.43 Å². The smallest absolute Gasteiger partial charge is 0.278 e. The highest BCUT2D eigenvalue weighted by atomic mass is 32.1. The molecule has 0 bridgehead atoms. The largest absolute Gasteiger partial charge is 0.546 e. The number of carboxylic acid groups (broad SMARTS) is 1. The third kappa shape index (κ3) is 6.40. The van der Waals surface area contributed by atoms with Crippen LogP contribution < -0.4 is 24.9 Å². The van der Waals surface area contributed by atoms with Gasteiger partial charge in [-0.2, -0.15) is 9.47 Å². The number of anilines is 1. The van der Waals surface area contributed by atoms with Crippen molar-refractivity contribution in [3.63, 3.8) is 0 Å². The van der Waals surface area contributed by atoms with E-state index in [1.54, 1.807) is 24.3 Å². The molecule has 1 N–H and O–H groups in total. The highest BCUT2D eigenvalue weighted by molar-refractivity contribution is 6.99. The summed E-state index contributed by atoms with van der Waals surface area (Å²) < 4.78 is 24.0. The van der Waals surface area contributed by atoms with Gasteiger partial charge < -0.3 is 29.0 Å². The Hall–Kier alpha value is -3.25. The lowest BCUT2D eigenvalue weighted by atomic mass is 10.2. The third-order valence-corrected chi connectivity index (χ3v) is 4.23. The van der Waals surface area contributed by atoms with E-state index in [-0.39, 0.29) is 6.61 Å². The number of carbonyl (C=O) groups excluding carboxylic acids is 2. The van der Waals surface area contributed by atoms with E-state index in [1.807, 2.05) is 4.90 Å². The van der Waals surface area contributed by atoms with Gasteiger partial charge in [0.05, 0.1) is 37.1 Å². The first-order valence-electron chi connectivity index (χ1n) is 8.64. The Bertz CT molecular complexity index is 850. The number of hydrogen-bond donors (Lipinski definition) is 1. The van der Waals surface area contributed by atoms with Crippen LogP contribution in [-0.4, -0.2) is 66.4 Å². The van der Waals surface area contributed by atoms with Crippen LogP contribution in [0.5, 0.6) is 11.6 Å². The van der Waals surface area contributed by atoms with Crippen molar-refractivity contribution in [2.45, 2.75) is 0 Å². The van der Waals surface area contributed by atoms with E-state index >= 15 is 0 Å². The maximum Gasteiger partial charge on any atom is 0.278 e. The zero-order valence-corrected chi connectivity index (χ0v) is 16.1. The summed E-state index contributed by atoms with van der Waals surface area (Å²) >= 11 is 1.02. The summed E-state index contributed by atoms with van der Waals surface area (Å²) in [5.74, 6) is -0.447. The average Bonchev–Trinajstić information content (AvgIpc) is 3.21. The fourth-order valence-corrected chi connectivity index (χ4v) is 2.89. The minimum absolute atomic E-state index is 0.254. The Morgan fingerprint density at radius 1 is 1.21 bits per heavy atom. The van der Waals surface area contributed by atoms with Crippen LogP contribution in [0.25, 0.3) is 0 Å². The zero-order chi connectivity index (χ0) is 20.5. The second-order valence-corrected chi connectivity index (χ2v) is 6.33. The number of amides is 1. The summed E-state index contributed by atoms with van der Waals surface area (Å²) in [4.78, 5) is 24.3. The van der Waals surface area contributed by atoms with Gasteiger partial charge in [0.1, 0.15) is 12.4 Å². The van der Waals surface area contributed by atoms with Crippen LogP contribution in [0.2, 0.25) is 0 Å². The average molecular weight is 420 g/mol. The second kappa shape index (κ2) is 10.3. The highest BCUT2D eigenvalue weighted by Crippen LogP contribution is 2.26. The predicted molar refractivity (Wildman–Crippen MR) is 101 cm³/mol. The molecule has 3 rings (SSSR count). The summed E-state index contributed by atoms with van der Waals surface area (Å²) in [5, 5.41) is 14.2. The van der Waals surface area contributed by atoms with Crippen LogP contribution >= 0.6 is 11.7 Å². The first-order chi connectivity index (χ1) is 14.1. The number of carboxylic acids is 1. The molecule has 0 atom stereocenters. The molecule has 1 aromatic heterocycles. The minimum Gasteiger partial charge on any atom is -0.546 e. The Balaban J connectivity index is 1.43. The molecule has 1 fully saturated rings. The minimum atomic E-state index is -1.30. The summed E-state index contributed by atoms with van der Waals surface area (Å²) in [5.41, 5.74) is 3.04. The van der Waals surface area contributed by atoms with Crippen LogP contribution in [0.1, 0.15) is 5.56 Å². The van der Waals surface area contributed by atoms with Crippen LogP contribution in [0.15, 0.2) is 29.4 Å². The molecule has 0 aliphatic carbocycles. The summed E-state index contributed by atoms with van der Waals surface area (Å²) in [6, 6.07) is 6.48. The Morgan fingerprint density at radius 2 is 1.97 bits per heavy atom. The first kappa shape index (κ1) is 20.5. The van der Waals surface area contributed by atoms with Crippen molar-refractivity contribution in [2.75, 3.05) is 44.4 Å². The number of nitrogens with one attached hydrogen (secondary N) is 1. The molecule has 1 saturated heterocycles. The van der Waals surface area contributed by atoms with Gasteiger partial charge in [0, 0.05) is 13.1 Å². The number of hydrogen-bond acceptors (Lipinski definition) is 11. The van der Waals surface area contributed by atoms with E-state index in [9.17, 15) is 14.7 Å². The SMILES string of the molecule is O=C([O-])COc1ccc(/C=N\NC(=O)COc2nsnc2N2CCOCC2)cc1. The van der Waals surface area contributed by atoms with Crippen LogP contribution in [0.4, 0.5) is 5.82 Å². The van der Waals surface area contributed by atoms with Gasteiger partial charge in [0.2, 0.25) is 5.82 Å². The van der Waals surface area contributed by atoms with Crippen molar-refractivity contribution in [2.24, 2.45) is 5.10 Å². The molecule has 2 heterocycles. The van der Waals surface area contributed by atoms with E-state index < -0.39 is 18.5 Å². The number of nitrogens with zero attached hydrogens (tertiary/aromatic N) is 4.